The Labute approximate surface area is 335 Å². The molecule has 15 nitrogen and oxygen atoms in total. The van der Waals surface area contributed by atoms with Crippen LogP contribution >= 0.6 is 0 Å². The molecule has 11 atom stereocenters. The fraction of sp³-hybridized carbons (Fsp3) is 0.395. The fourth-order valence-corrected chi connectivity index (χ4v) is 7.13. The number of azide groups is 1. The highest BCUT2D eigenvalue weighted by Gasteiger charge is 2.55. The molecule has 7 rings (SSSR count). The van der Waals surface area contributed by atoms with Gasteiger partial charge in [-0.15, -0.1) is 0 Å². The van der Waals surface area contributed by atoms with Crippen LogP contribution in [0.3, 0.4) is 0 Å². The first-order valence-corrected chi connectivity index (χ1v) is 19.1. The number of aliphatic hydroxyl groups is 1. The van der Waals surface area contributed by atoms with E-state index in [1.165, 1.54) is 0 Å². The van der Waals surface area contributed by atoms with E-state index in [0.29, 0.717) is 5.56 Å². The lowest BCUT2D eigenvalue weighted by atomic mass is 9.89. The van der Waals surface area contributed by atoms with Gasteiger partial charge in [0.25, 0.3) is 0 Å². The Morgan fingerprint density at radius 3 is 2.02 bits per heavy atom. The maximum Gasteiger partial charge on any atom is 0.338 e. The quantitative estimate of drug-likeness (QED) is 0.0493. The second kappa shape index (κ2) is 20.0. The maximum atomic E-state index is 13.6. The Morgan fingerprint density at radius 1 is 0.776 bits per heavy atom. The SMILES string of the molecule is CC1C(OC2OC3COC(c4ccccc4)OC3C(O)C2OC(=O)c2ccccc2)C(COCc2ccccc2)OC(OCCN=[N+]=[N-])C1OC(=O)c1ccccc1. The van der Waals surface area contributed by atoms with Crippen LogP contribution in [0, 0.1) is 5.92 Å². The molecule has 3 aliphatic heterocycles. The number of hydrogen-bond acceptors (Lipinski definition) is 13. The number of esters is 2. The van der Waals surface area contributed by atoms with Crippen LogP contribution in [0.25, 0.3) is 10.4 Å². The van der Waals surface area contributed by atoms with Gasteiger partial charge in [0.15, 0.2) is 31.1 Å². The van der Waals surface area contributed by atoms with Crippen molar-refractivity contribution in [3.8, 4) is 0 Å². The van der Waals surface area contributed by atoms with Crippen LogP contribution in [0.2, 0.25) is 0 Å². The molecule has 1 N–H and O–H groups in total. The predicted octanol–water partition coefficient (Wildman–Crippen LogP) is 5.93. The number of nitrogens with zero attached hydrogens (tertiary/aromatic N) is 3. The molecule has 0 bridgehead atoms. The van der Waals surface area contributed by atoms with Gasteiger partial charge in [0.1, 0.15) is 24.4 Å². The molecule has 4 aromatic carbocycles. The normalized spacial score (nSPS) is 29.3. The number of hydrogen-bond donors (Lipinski definition) is 1. The molecule has 3 aliphatic rings. The zero-order chi connectivity index (χ0) is 40.3. The standard InChI is InChI=1S/C43H45N3O12/c1-27-35(32(25-50-24-28-14-6-2-7-15-28)53-42(51-23-22-45-46-44)36(27)55-39(48)29-16-8-3-9-17-29)57-43-38(56-40(49)30-18-10-4-11-19-30)34(47)37-33(54-43)26-52-41(58-37)31-20-12-5-13-21-31/h2-21,27,32-38,41-43,47H,22-26H2,1H3. The van der Waals surface area contributed by atoms with E-state index < -0.39 is 79.5 Å². The molecule has 58 heavy (non-hydrogen) atoms. The number of carbonyl (C=O) groups is 2. The van der Waals surface area contributed by atoms with Crippen molar-refractivity contribution >= 4 is 11.9 Å². The first-order valence-electron chi connectivity index (χ1n) is 19.1. The maximum absolute atomic E-state index is 13.6. The summed E-state index contributed by atoms with van der Waals surface area (Å²) in [5.41, 5.74) is 11.1. The molecule has 0 aromatic heterocycles. The molecular weight excluding hydrogens is 750 g/mol. The highest BCUT2D eigenvalue weighted by molar-refractivity contribution is 5.90. The summed E-state index contributed by atoms with van der Waals surface area (Å²) in [5, 5.41) is 15.6. The van der Waals surface area contributed by atoms with Gasteiger partial charge in [-0.2, -0.15) is 0 Å². The van der Waals surface area contributed by atoms with Crippen LogP contribution in [0.4, 0.5) is 0 Å². The molecule has 3 fully saturated rings. The Bertz CT molecular complexity index is 1960. The summed E-state index contributed by atoms with van der Waals surface area (Å²) >= 11 is 0. The summed E-state index contributed by atoms with van der Waals surface area (Å²) in [6.07, 6.45) is -10.8. The summed E-state index contributed by atoms with van der Waals surface area (Å²) in [5.74, 6) is -2.03. The highest BCUT2D eigenvalue weighted by Crippen LogP contribution is 2.39. The topological polar surface area (TPSA) is 186 Å². The Hall–Kier alpha value is -5.19. The second-order valence-corrected chi connectivity index (χ2v) is 14.0. The highest BCUT2D eigenvalue weighted by atomic mass is 16.8. The molecule has 0 aliphatic carbocycles. The lowest BCUT2D eigenvalue weighted by molar-refractivity contribution is -0.381. The smallest absolute Gasteiger partial charge is 0.338 e. The van der Waals surface area contributed by atoms with Crippen LogP contribution < -0.4 is 0 Å². The summed E-state index contributed by atoms with van der Waals surface area (Å²) in [6.45, 7) is 2.02. The number of aliphatic hydroxyl groups excluding tert-OH is 1. The fourth-order valence-electron chi connectivity index (χ4n) is 7.13. The van der Waals surface area contributed by atoms with Crippen molar-refractivity contribution in [2.75, 3.05) is 26.4 Å². The van der Waals surface area contributed by atoms with E-state index >= 15 is 0 Å². The Balaban J connectivity index is 1.18. The average molecular weight is 796 g/mol. The summed E-state index contributed by atoms with van der Waals surface area (Å²) < 4.78 is 56.3. The molecule has 3 heterocycles. The summed E-state index contributed by atoms with van der Waals surface area (Å²) in [4.78, 5) is 29.9. The molecule has 11 unspecified atom stereocenters. The Morgan fingerprint density at radius 2 is 1.38 bits per heavy atom. The number of carbonyl (C=O) groups excluding carboxylic acids is 2. The number of benzene rings is 4. The van der Waals surface area contributed by atoms with Crippen molar-refractivity contribution < 1.29 is 57.3 Å². The van der Waals surface area contributed by atoms with E-state index in [4.69, 9.17) is 48.2 Å². The molecule has 3 saturated heterocycles. The molecule has 0 spiro atoms. The Kier molecular flexibility index (Phi) is 14.1. The second-order valence-electron chi connectivity index (χ2n) is 14.0. The minimum absolute atomic E-state index is 0.000708. The molecule has 4 aromatic rings. The van der Waals surface area contributed by atoms with E-state index in [1.807, 2.05) is 60.7 Å². The van der Waals surface area contributed by atoms with Crippen LogP contribution in [0.1, 0.15) is 45.1 Å². The number of fused-ring (bicyclic) bond motifs is 1. The molecule has 15 heteroatoms. The van der Waals surface area contributed by atoms with E-state index in [9.17, 15) is 14.7 Å². The zero-order valence-electron chi connectivity index (χ0n) is 31.7. The van der Waals surface area contributed by atoms with Crippen molar-refractivity contribution in [1.82, 2.24) is 0 Å². The zero-order valence-corrected chi connectivity index (χ0v) is 31.7. The molecule has 0 radical (unpaired) electrons. The monoisotopic (exact) mass is 795 g/mol. The van der Waals surface area contributed by atoms with Crippen molar-refractivity contribution in [3.63, 3.8) is 0 Å². The minimum atomic E-state index is -1.43. The van der Waals surface area contributed by atoms with E-state index in [2.05, 4.69) is 10.0 Å². The third kappa shape index (κ3) is 10.1. The number of rotatable bonds is 15. The minimum Gasteiger partial charge on any atom is -0.453 e. The third-order valence-corrected chi connectivity index (χ3v) is 10.1. The van der Waals surface area contributed by atoms with Crippen molar-refractivity contribution in [2.45, 2.75) is 75.1 Å². The molecule has 0 saturated carbocycles. The molecule has 304 valence electrons. The molecular formula is C43H45N3O12. The first kappa shape index (κ1) is 41.0. The lowest BCUT2D eigenvalue weighted by Gasteiger charge is -2.50. The van der Waals surface area contributed by atoms with E-state index in [0.717, 1.165) is 11.1 Å². The first-order chi connectivity index (χ1) is 28.4. The van der Waals surface area contributed by atoms with Gasteiger partial charge in [0.2, 0.25) is 0 Å². The van der Waals surface area contributed by atoms with Gasteiger partial charge in [0, 0.05) is 22.9 Å². The van der Waals surface area contributed by atoms with E-state index in [1.54, 1.807) is 67.6 Å². The average Bonchev–Trinajstić information content (AvgIpc) is 3.27. The van der Waals surface area contributed by atoms with Crippen molar-refractivity contribution in [1.29, 1.82) is 0 Å². The van der Waals surface area contributed by atoms with Crippen LogP contribution in [-0.4, -0.2) is 98.7 Å². The number of ether oxygens (including phenoxy) is 9. The molecule has 0 amide bonds. The van der Waals surface area contributed by atoms with Crippen LogP contribution in [0.5, 0.6) is 0 Å². The van der Waals surface area contributed by atoms with Crippen molar-refractivity contribution in [2.24, 2.45) is 11.0 Å². The van der Waals surface area contributed by atoms with Gasteiger partial charge in [-0.3, -0.25) is 0 Å². The van der Waals surface area contributed by atoms with Gasteiger partial charge >= 0.3 is 11.9 Å². The van der Waals surface area contributed by atoms with Gasteiger partial charge in [-0.05, 0) is 35.4 Å². The van der Waals surface area contributed by atoms with Crippen LogP contribution in [-0.2, 0) is 49.2 Å². The van der Waals surface area contributed by atoms with Gasteiger partial charge in [-0.1, -0.05) is 109 Å². The van der Waals surface area contributed by atoms with Crippen molar-refractivity contribution in [3.05, 3.63) is 154 Å². The van der Waals surface area contributed by atoms with Gasteiger partial charge < -0.3 is 47.7 Å². The third-order valence-electron chi connectivity index (χ3n) is 10.1. The van der Waals surface area contributed by atoms with Gasteiger partial charge in [0.05, 0.1) is 43.7 Å². The lowest BCUT2D eigenvalue weighted by Crippen LogP contribution is -2.65. The largest absolute Gasteiger partial charge is 0.453 e. The predicted molar refractivity (Wildman–Crippen MR) is 205 cm³/mol. The van der Waals surface area contributed by atoms with Crippen LogP contribution in [0.15, 0.2) is 126 Å². The summed E-state index contributed by atoms with van der Waals surface area (Å²) in [7, 11) is 0. The van der Waals surface area contributed by atoms with E-state index in [-0.39, 0.29) is 38.5 Å². The van der Waals surface area contributed by atoms with Gasteiger partial charge in [-0.25, -0.2) is 9.59 Å². The summed E-state index contributed by atoms with van der Waals surface area (Å²) in [6, 6.07) is 35.6.